The molecule has 1 amide bonds. The molecule has 30 heavy (non-hydrogen) atoms. The number of amides is 1. The van der Waals surface area contributed by atoms with Gasteiger partial charge in [0.15, 0.2) is 5.13 Å². The maximum absolute atomic E-state index is 12.3. The molecule has 0 unspecified atom stereocenters. The molecule has 0 saturated carbocycles. The first-order chi connectivity index (χ1) is 14.1. The Balaban J connectivity index is 1.63. The van der Waals surface area contributed by atoms with Crippen LogP contribution in [0.3, 0.4) is 0 Å². The zero-order chi connectivity index (χ0) is 21.9. The van der Waals surface area contributed by atoms with Gasteiger partial charge in [-0.25, -0.2) is 26.1 Å². The molecule has 13 heteroatoms. The third-order valence-electron chi connectivity index (χ3n) is 3.88. The van der Waals surface area contributed by atoms with Crippen molar-refractivity contribution in [1.29, 1.82) is 0 Å². The number of rotatable bonds is 8. The molecule has 2 N–H and O–H groups in total. The van der Waals surface area contributed by atoms with Crippen molar-refractivity contribution in [1.82, 2.24) is 14.6 Å². The van der Waals surface area contributed by atoms with Crippen LogP contribution in [0.2, 0.25) is 0 Å². The van der Waals surface area contributed by atoms with Crippen LogP contribution in [0.15, 0.2) is 57.1 Å². The SMILES string of the molecule is CN(C)S(=O)(=O)c1ccc(CNC(=O)c2ccc(S(=O)(=O)Nc3nccs3)cc2)s1. The topological polar surface area (TPSA) is 126 Å². The minimum atomic E-state index is -3.79. The molecule has 160 valence electrons. The van der Waals surface area contributed by atoms with Crippen molar-refractivity contribution < 1.29 is 21.6 Å². The average Bonchev–Trinajstić information content (AvgIpc) is 3.38. The second-order valence-corrected chi connectivity index (χ2v) is 12.3. The van der Waals surface area contributed by atoms with E-state index in [1.54, 1.807) is 11.4 Å². The molecule has 3 rings (SSSR count). The molecule has 0 fully saturated rings. The minimum absolute atomic E-state index is 0.00559. The summed E-state index contributed by atoms with van der Waals surface area (Å²) in [4.78, 5) is 16.9. The van der Waals surface area contributed by atoms with Crippen LogP contribution in [0.25, 0.3) is 0 Å². The van der Waals surface area contributed by atoms with Crippen molar-refractivity contribution in [2.75, 3.05) is 18.8 Å². The van der Waals surface area contributed by atoms with Crippen LogP contribution in [0.1, 0.15) is 15.2 Å². The van der Waals surface area contributed by atoms with E-state index in [9.17, 15) is 21.6 Å². The van der Waals surface area contributed by atoms with Gasteiger partial charge in [0.05, 0.1) is 11.4 Å². The second kappa shape index (κ2) is 8.81. The van der Waals surface area contributed by atoms with Gasteiger partial charge in [-0.3, -0.25) is 9.52 Å². The fourth-order valence-electron chi connectivity index (χ4n) is 2.27. The Morgan fingerprint density at radius 3 is 2.37 bits per heavy atom. The number of aromatic nitrogens is 1. The Morgan fingerprint density at radius 1 is 1.07 bits per heavy atom. The molecule has 2 aromatic heterocycles. The molecular formula is C17H18N4O5S4. The lowest BCUT2D eigenvalue weighted by Gasteiger charge is -2.08. The molecule has 3 aromatic rings. The smallest absolute Gasteiger partial charge is 0.263 e. The predicted molar refractivity (Wildman–Crippen MR) is 116 cm³/mol. The number of hydrogen-bond acceptors (Lipinski definition) is 8. The van der Waals surface area contributed by atoms with Gasteiger partial charge in [-0.2, -0.15) is 0 Å². The molecule has 0 aliphatic heterocycles. The van der Waals surface area contributed by atoms with E-state index >= 15 is 0 Å². The standard InChI is InChI=1S/C17H18N4O5S4/c1-21(2)30(25,26)15-8-5-13(28-15)11-19-16(22)12-3-6-14(7-4-12)29(23,24)20-17-18-9-10-27-17/h3-10H,11H2,1-2H3,(H,18,20)(H,19,22). The summed E-state index contributed by atoms with van der Waals surface area (Å²) in [5.41, 5.74) is 0.279. The van der Waals surface area contributed by atoms with Gasteiger partial charge in [0, 0.05) is 36.1 Å². The van der Waals surface area contributed by atoms with Crippen LogP contribution in [0.4, 0.5) is 5.13 Å². The van der Waals surface area contributed by atoms with Gasteiger partial charge in [-0.15, -0.1) is 22.7 Å². The van der Waals surface area contributed by atoms with E-state index in [1.165, 1.54) is 50.6 Å². The summed E-state index contributed by atoms with van der Waals surface area (Å²) in [6, 6.07) is 8.61. The van der Waals surface area contributed by atoms with E-state index in [-0.39, 0.29) is 26.3 Å². The van der Waals surface area contributed by atoms with Crippen molar-refractivity contribution in [3.05, 3.63) is 58.4 Å². The molecular weight excluding hydrogens is 468 g/mol. The molecule has 0 radical (unpaired) electrons. The van der Waals surface area contributed by atoms with E-state index in [0.717, 1.165) is 27.0 Å². The molecule has 1 aromatic carbocycles. The first kappa shape index (κ1) is 22.4. The molecule has 0 atom stereocenters. The summed E-state index contributed by atoms with van der Waals surface area (Å²) in [7, 11) is -4.40. The number of sulfonamides is 2. The third kappa shape index (κ3) is 5.05. The number of thiophene rings is 1. The zero-order valence-electron chi connectivity index (χ0n) is 15.9. The van der Waals surface area contributed by atoms with Gasteiger partial charge in [0.25, 0.3) is 26.0 Å². The van der Waals surface area contributed by atoms with E-state index in [2.05, 4.69) is 15.0 Å². The van der Waals surface area contributed by atoms with Crippen molar-refractivity contribution in [2.45, 2.75) is 15.6 Å². The number of hydrogen-bond donors (Lipinski definition) is 2. The fraction of sp³-hybridized carbons (Fsp3) is 0.176. The molecule has 0 spiro atoms. The maximum Gasteiger partial charge on any atom is 0.263 e. The van der Waals surface area contributed by atoms with Gasteiger partial charge < -0.3 is 5.32 Å². The summed E-state index contributed by atoms with van der Waals surface area (Å²) in [5.74, 6) is -0.405. The summed E-state index contributed by atoms with van der Waals surface area (Å²) in [5, 5.41) is 4.60. The Kier molecular flexibility index (Phi) is 6.57. The Labute approximate surface area is 182 Å². The van der Waals surface area contributed by atoms with Crippen LogP contribution < -0.4 is 10.0 Å². The van der Waals surface area contributed by atoms with Crippen LogP contribution in [-0.2, 0) is 26.6 Å². The third-order valence-corrected chi connectivity index (χ3v) is 9.42. The normalized spacial score (nSPS) is 12.1. The molecule has 0 aliphatic carbocycles. The second-order valence-electron chi connectivity index (χ2n) is 6.16. The summed E-state index contributed by atoms with van der Waals surface area (Å²) < 4.78 is 52.6. The number of anilines is 1. The van der Waals surface area contributed by atoms with Gasteiger partial charge >= 0.3 is 0 Å². The van der Waals surface area contributed by atoms with Crippen molar-refractivity contribution >= 4 is 53.8 Å². The molecule has 9 nitrogen and oxygen atoms in total. The van der Waals surface area contributed by atoms with Crippen LogP contribution >= 0.6 is 22.7 Å². The molecule has 0 bridgehead atoms. The molecule has 2 heterocycles. The summed E-state index contributed by atoms with van der Waals surface area (Å²) in [6.45, 7) is 0.151. The highest BCUT2D eigenvalue weighted by Crippen LogP contribution is 2.24. The lowest BCUT2D eigenvalue weighted by atomic mass is 10.2. The highest BCUT2D eigenvalue weighted by Gasteiger charge is 2.20. The monoisotopic (exact) mass is 486 g/mol. The largest absolute Gasteiger partial charge is 0.347 e. The van der Waals surface area contributed by atoms with Gasteiger partial charge in [-0.1, -0.05) is 0 Å². The van der Waals surface area contributed by atoms with Gasteiger partial charge in [0.2, 0.25) is 0 Å². The fourth-order valence-corrected chi connectivity index (χ4v) is 6.53. The minimum Gasteiger partial charge on any atom is -0.347 e. The first-order valence-corrected chi connectivity index (χ1v) is 13.0. The number of benzene rings is 1. The Morgan fingerprint density at radius 2 is 1.77 bits per heavy atom. The summed E-state index contributed by atoms with van der Waals surface area (Å²) in [6.07, 6.45) is 1.49. The number of carbonyl (C=O) groups is 1. The average molecular weight is 487 g/mol. The van der Waals surface area contributed by atoms with Crippen LogP contribution in [0, 0.1) is 0 Å². The lowest BCUT2D eigenvalue weighted by molar-refractivity contribution is 0.0951. The lowest BCUT2D eigenvalue weighted by Crippen LogP contribution is -2.22. The van der Waals surface area contributed by atoms with E-state index in [4.69, 9.17) is 0 Å². The number of nitrogens with zero attached hydrogens (tertiary/aromatic N) is 2. The van der Waals surface area contributed by atoms with Crippen LogP contribution in [-0.4, -0.2) is 46.1 Å². The van der Waals surface area contributed by atoms with E-state index < -0.39 is 26.0 Å². The highest BCUT2D eigenvalue weighted by atomic mass is 32.2. The maximum atomic E-state index is 12.3. The number of nitrogens with one attached hydrogen (secondary N) is 2. The van der Waals surface area contributed by atoms with Gasteiger partial charge in [0.1, 0.15) is 4.21 Å². The summed E-state index contributed by atoms with van der Waals surface area (Å²) >= 11 is 2.23. The Bertz CT molecular complexity index is 1230. The van der Waals surface area contributed by atoms with E-state index in [1.807, 2.05) is 0 Å². The number of thiazole rings is 1. The quantitative estimate of drug-likeness (QED) is 0.503. The highest BCUT2D eigenvalue weighted by molar-refractivity contribution is 7.93. The first-order valence-electron chi connectivity index (χ1n) is 8.41. The molecule has 0 aliphatic rings. The number of carbonyl (C=O) groups excluding carboxylic acids is 1. The van der Waals surface area contributed by atoms with E-state index in [0.29, 0.717) is 4.88 Å². The Hall–Kier alpha value is -2.32. The van der Waals surface area contributed by atoms with Crippen molar-refractivity contribution in [3.63, 3.8) is 0 Å². The van der Waals surface area contributed by atoms with Crippen molar-refractivity contribution in [3.8, 4) is 0 Å². The van der Waals surface area contributed by atoms with Crippen LogP contribution in [0.5, 0.6) is 0 Å². The predicted octanol–water partition coefficient (Wildman–Crippen LogP) is 2.19. The zero-order valence-corrected chi connectivity index (χ0v) is 19.2. The van der Waals surface area contributed by atoms with Gasteiger partial charge in [-0.05, 0) is 36.4 Å². The molecule has 0 saturated heterocycles. The van der Waals surface area contributed by atoms with Crippen molar-refractivity contribution in [2.24, 2.45) is 0 Å².